The van der Waals surface area contributed by atoms with Gasteiger partial charge in [-0.15, -0.1) is 0 Å². The second-order valence-electron chi connectivity index (χ2n) is 11.5. The van der Waals surface area contributed by atoms with Gasteiger partial charge in [0, 0.05) is 56.6 Å². The molecule has 1 N–H and O–H groups in total. The molecule has 42 heavy (non-hydrogen) atoms. The van der Waals surface area contributed by atoms with E-state index in [2.05, 4.69) is 10.3 Å². The van der Waals surface area contributed by atoms with Crippen LogP contribution in [0.4, 0.5) is 27.6 Å². The molecule has 2 aromatic rings. The highest BCUT2D eigenvalue weighted by molar-refractivity contribution is 5.88. The number of amides is 1. The zero-order chi connectivity index (χ0) is 30.2. The van der Waals surface area contributed by atoms with Gasteiger partial charge in [-0.3, -0.25) is 14.6 Å². The number of likely N-dealkylation sites (tertiary alicyclic amines) is 1. The van der Waals surface area contributed by atoms with Crippen LogP contribution in [0.1, 0.15) is 54.8 Å². The smallest absolute Gasteiger partial charge is 0.416 e. The second-order valence-corrected chi connectivity index (χ2v) is 11.5. The zero-order valence-corrected chi connectivity index (χ0v) is 23.6. The average Bonchev–Trinajstić information content (AvgIpc) is 3.60. The van der Waals surface area contributed by atoms with Gasteiger partial charge in [-0.1, -0.05) is 19.4 Å². The molecular weight excluding hydrogens is 559 g/mol. The lowest BCUT2D eigenvalue weighted by Gasteiger charge is -2.35. The van der Waals surface area contributed by atoms with Gasteiger partial charge in [-0.05, 0) is 48.6 Å². The van der Waals surface area contributed by atoms with Gasteiger partial charge in [-0.2, -0.15) is 13.2 Å². The number of carbonyl (C=O) groups excluding carboxylic acids is 2. The van der Waals surface area contributed by atoms with Gasteiger partial charge < -0.3 is 19.9 Å². The maximum absolute atomic E-state index is 16.5. The van der Waals surface area contributed by atoms with Gasteiger partial charge in [0.15, 0.2) is 0 Å². The largest absolute Gasteiger partial charge is 0.469 e. The van der Waals surface area contributed by atoms with Crippen molar-refractivity contribution in [1.29, 1.82) is 0 Å². The van der Waals surface area contributed by atoms with E-state index in [4.69, 9.17) is 4.74 Å². The molecule has 1 aromatic heterocycles. The van der Waals surface area contributed by atoms with E-state index in [0.29, 0.717) is 43.6 Å². The Kier molecular flexibility index (Phi) is 8.46. The molecule has 7 nitrogen and oxygen atoms in total. The van der Waals surface area contributed by atoms with Crippen molar-refractivity contribution in [2.24, 2.45) is 11.8 Å². The molecule has 0 aliphatic carbocycles. The van der Waals surface area contributed by atoms with Gasteiger partial charge in [0.2, 0.25) is 5.67 Å². The van der Waals surface area contributed by atoms with Crippen LogP contribution in [0.25, 0.3) is 0 Å². The molecule has 3 saturated heterocycles. The molecular formula is C30H35F5N4O3. The lowest BCUT2D eigenvalue weighted by molar-refractivity contribution is -0.146. The summed E-state index contributed by atoms with van der Waals surface area (Å²) in [5.41, 5.74) is -1.69. The summed E-state index contributed by atoms with van der Waals surface area (Å²) in [5, 5.41) is 2.93. The number of hydrogen-bond donors (Lipinski definition) is 1. The first kappa shape index (κ1) is 30.2. The molecule has 0 radical (unpaired) electrons. The van der Waals surface area contributed by atoms with E-state index in [1.54, 1.807) is 0 Å². The number of benzene rings is 1. The predicted octanol–water partition coefficient (Wildman–Crippen LogP) is 4.68. The van der Waals surface area contributed by atoms with Gasteiger partial charge in [0.05, 0.1) is 30.7 Å². The monoisotopic (exact) mass is 594 g/mol. The SMILES string of the molecule is CC[C@H]1CN(C(=O)[C@]2(F)CNC[C@H]2c2ccc(F)cn2)C[C@@H]1c1ccc(C(F)(F)F)cc1N1CCC(C(=O)OC)CC1. The minimum Gasteiger partial charge on any atom is -0.469 e. The molecule has 12 heteroatoms. The normalized spacial score (nSPS) is 27.0. The Morgan fingerprint density at radius 1 is 1.14 bits per heavy atom. The van der Waals surface area contributed by atoms with E-state index < -0.39 is 35.1 Å². The Labute approximate surface area is 241 Å². The Morgan fingerprint density at radius 3 is 2.50 bits per heavy atom. The molecule has 4 atom stereocenters. The Bertz CT molecular complexity index is 1300. The van der Waals surface area contributed by atoms with Crippen molar-refractivity contribution in [3.05, 3.63) is 59.2 Å². The summed E-state index contributed by atoms with van der Waals surface area (Å²) in [4.78, 5) is 33.2. The number of esters is 1. The molecule has 1 aromatic carbocycles. The van der Waals surface area contributed by atoms with Crippen LogP contribution in [-0.2, 0) is 20.5 Å². The van der Waals surface area contributed by atoms with Crippen molar-refractivity contribution in [2.45, 2.75) is 49.9 Å². The molecule has 3 fully saturated rings. The fourth-order valence-corrected chi connectivity index (χ4v) is 6.74. The van der Waals surface area contributed by atoms with Crippen LogP contribution in [0.5, 0.6) is 0 Å². The van der Waals surface area contributed by atoms with Crippen LogP contribution in [0, 0.1) is 17.7 Å². The van der Waals surface area contributed by atoms with Crippen LogP contribution in [0.3, 0.4) is 0 Å². The first-order valence-electron chi connectivity index (χ1n) is 14.3. The summed E-state index contributed by atoms with van der Waals surface area (Å²) in [6.07, 6.45) is -2.01. The summed E-state index contributed by atoms with van der Waals surface area (Å²) in [6.45, 7) is 3.08. The van der Waals surface area contributed by atoms with Gasteiger partial charge in [0.1, 0.15) is 5.82 Å². The Hall–Kier alpha value is -3.28. The highest BCUT2D eigenvalue weighted by Gasteiger charge is 2.54. The number of hydrogen-bond acceptors (Lipinski definition) is 6. The maximum Gasteiger partial charge on any atom is 0.416 e. The second kappa shape index (κ2) is 11.8. The highest BCUT2D eigenvalue weighted by atomic mass is 19.4. The number of carbonyl (C=O) groups is 2. The van der Waals surface area contributed by atoms with Crippen LogP contribution in [-0.4, -0.2) is 73.8 Å². The number of aromatic nitrogens is 1. The summed E-state index contributed by atoms with van der Waals surface area (Å²) in [7, 11) is 1.32. The number of methoxy groups -OCH3 is 1. The minimum absolute atomic E-state index is 0.0996. The van der Waals surface area contributed by atoms with Gasteiger partial charge in [-0.25, -0.2) is 8.78 Å². The third-order valence-corrected chi connectivity index (χ3v) is 9.13. The molecule has 0 saturated carbocycles. The molecule has 5 rings (SSSR count). The van der Waals surface area contributed by atoms with E-state index in [1.165, 1.54) is 30.2 Å². The fraction of sp³-hybridized carbons (Fsp3) is 0.567. The minimum atomic E-state index is -4.54. The Morgan fingerprint density at radius 2 is 1.88 bits per heavy atom. The van der Waals surface area contributed by atoms with Crippen molar-refractivity contribution >= 4 is 17.6 Å². The number of nitrogens with one attached hydrogen (secondary N) is 1. The van der Waals surface area contributed by atoms with Crippen molar-refractivity contribution in [1.82, 2.24) is 15.2 Å². The van der Waals surface area contributed by atoms with Crippen molar-refractivity contribution in [3.8, 4) is 0 Å². The number of ether oxygens (including phenoxy) is 1. The molecule has 0 unspecified atom stereocenters. The Balaban J connectivity index is 1.42. The summed E-state index contributed by atoms with van der Waals surface area (Å²) >= 11 is 0. The standard InChI is InChI=1S/C30H35F5N4O3/c1-3-18-15-39(28(41)29(32)17-36-14-24(29)25-7-5-21(31)13-37-25)16-23(18)22-6-4-20(30(33,34)35)12-26(22)38-10-8-19(9-11-38)27(40)42-2/h4-7,12-13,18-19,23-24,36H,3,8-11,14-17H2,1-2H3/t18-,23-,24-,29-/m0/s1. The number of pyridine rings is 1. The zero-order valence-electron chi connectivity index (χ0n) is 23.6. The predicted molar refractivity (Wildman–Crippen MR) is 145 cm³/mol. The quantitative estimate of drug-likeness (QED) is 0.387. The maximum atomic E-state index is 16.5. The topological polar surface area (TPSA) is 74.8 Å². The number of rotatable bonds is 6. The summed E-state index contributed by atoms with van der Waals surface area (Å²) < 4.78 is 76.1. The molecule has 228 valence electrons. The number of piperidine rings is 1. The number of halogens is 5. The summed E-state index contributed by atoms with van der Waals surface area (Å²) in [6, 6.07) is 6.27. The van der Waals surface area contributed by atoms with E-state index in [0.717, 1.165) is 18.3 Å². The lowest BCUT2D eigenvalue weighted by Crippen LogP contribution is -2.49. The van der Waals surface area contributed by atoms with E-state index in [1.807, 2.05) is 11.8 Å². The first-order chi connectivity index (χ1) is 20.0. The van der Waals surface area contributed by atoms with Crippen LogP contribution in [0.15, 0.2) is 36.5 Å². The third-order valence-electron chi connectivity index (χ3n) is 9.13. The first-order valence-corrected chi connectivity index (χ1v) is 14.3. The average molecular weight is 595 g/mol. The van der Waals surface area contributed by atoms with E-state index in [9.17, 15) is 27.2 Å². The van der Waals surface area contributed by atoms with E-state index in [-0.39, 0.29) is 55.6 Å². The van der Waals surface area contributed by atoms with Crippen LogP contribution < -0.4 is 10.2 Å². The summed E-state index contributed by atoms with van der Waals surface area (Å²) in [5.74, 6) is -3.21. The molecule has 4 heterocycles. The number of nitrogens with zero attached hydrogens (tertiary/aromatic N) is 3. The third kappa shape index (κ3) is 5.69. The van der Waals surface area contributed by atoms with Crippen LogP contribution >= 0.6 is 0 Å². The van der Waals surface area contributed by atoms with Crippen molar-refractivity contribution < 1.29 is 36.3 Å². The van der Waals surface area contributed by atoms with Crippen molar-refractivity contribution in [2.75, 3.05) is 51.3 Å². The number of alkyl halides is 4. The molecule has 3 aliphatic heterocycles. The molecule has 0 bridgehead atoms. The van der Waals surface area contributed by atoms with Crippen molar-refractivity contribution in [3.63, 3.8) is 0 Å². The highest BCUT2D eigenvalue weighted by Crippen LogP contribution is 2.45. The van der Waals surface area contributed by atoms with Crippen LogP contribution in [0.2, 0.25) is 0 Å². The number of anilines is 1. The molecule has 1 amide bonds. The lowest BCUT2D eigenvalue weighted by atomic mass is 9.85. The van der Waals surface area contributed by atoms with E-state index >= 15 is 4.39 Å². The molecule has 0 spiro atoms. The molecule has 3 aliphatic rings. The fourth-order valence-electron chi connectivity index (χ4n) is 6.74. The van der Waals surface area contributed by atoms with Gasteiger partial charge in [0.25, 0.3) is 5.91 Å². The van der Waals surface area contributed by atoms with Gasteiger partial charge >= 0.3 is 12.1 Å².